The molecule has 0 amide bonds. The average molecular weight is 520 g/mol. The Morgan fingerprint density at radius 2 is 1.79 bits per heavy atom. The smallest absolute Gasteiger partial charge is 0.191 e. The van der Waals surface area contributed by atoms with Crippen LogP contribution in [-0.2, 0) is 13.1 Å². The highest BCUT2D eigenvalue weighted by Gasteiger charge is 2.06. The Kier molecular flexibility index (Phi) is 11.7. The third kappa shape index (κ3) is 8.12. The lowest BCUT2D eigenvalue weighted by molar-refractivity contribution is 0.196. The highest BCUT2D eigenvalue weighted by molar-refractivity contribution is 14.0. The van der Waals surface area contributed by atoms with Crippen LogP contribution in [0.3, 0.4) is 0 Å². The zero-order valence-electron chi connectivity index (χ0n) is 16.1. The zero-order valence-corrected chi connectivity index (χ0v) is 19.2. The van der Waals surface area contributed by atoms with Crippen LogP contribution in [0.2, 0.25) is 5.02 Å². The van der Waals surface area contributed by atoms with Gasteiger partial charge in [0.25, 0.3) is 0 Å². The van der Waals surface area contributed by atoms with Gasteiger partial charge in [-0.3, -0.25) is 0 Å². The molecule has 0 atom stereocenters. The molecule has 0 unspecified atom stereocenters. The van der Waals surface area contributed by atoms with E-state index in [0.717, 1.165) is 28.7 Å². The first-order valence-corrected chi connectivity index (χ1v) is 9.21. The Morgan fingerprint density at radius 1 is 1.07 bits per heavy atom. The van der Waals surface area contributed by atoms with Gasteiger partial charge in [-0.2, -0.15) is 0 Å². The molecular formula is C20H27ClIN3O3. The minimum Gasteiger partial charge on any atom is -0.493 e. The number of nitrogens with zero attached hydrogens (tertiary/aromatic N) is 1. The maximum Gasteiger partial charge on any atom is 0.191 e. The van der Waals surface area contributed by atoms with Crippen molar-refractivity contribution in [1.29, 1.82) is 0 Å². The number of methoxy groups -OCH3 is 1. The van der Waals surface area contributed by atoms with E-state index >= 15 is 0 Å². The van der Waals surface area contributed by atoms with E-state index < -0.39 is 0 Å². The molecule has 0 saturated carbocycles. The van der Waals surface area contributed by atoms with Crippen molar-refractivity contribution in [2.24, 2.45) is 4.99 Å². The van der Waals surface area contributed by atoms with E-state index in [1.165, 1.54) is 0 Å². The molecule has 28 heavy (non-hydrogen) atoms. The van der Waals surface area contributed by atoms with Crippen molar-refractivity contribution in [2.45, 2.75) is 20.0 Å². The van der Waals surface area contributed by atoms with Gasteiger partial charge in [-0.1, -0.05) is 29.8 Å². The molecule has 2 aromatic carbocycles. The summed E-state index contributed by atoms with van der Waals surface area (Å²) in [5.41, 5.74) is 2.11. The molecule has 0 bridgehead atoms. The topological polar surface area (TPSA) is 75.1 Å². The van der Waals surface area contributed by atoms with E-state index in [9.17, 15) is 0 Å². The molecule has 6 nitrogen and oxygen atoms in total. The third-order valence-corrected chi connectivity index (χ3v) is 3.97. The fourth-order valence-electron chi connectivity index (χ4n) is 2.39. The van der Waals surface area contributed by atoms with Crippen molar-refractivity contribution in [2.75, 3.05) is 26.9 Å². The second-order valence-electron chi connectivity index (χ2n) is 5.73. The Labute approximate surface area is 188 Å². The largest absolute Gasteiger partial charge is 0.493 e. The van der Waals surface area contributed by atoms with Crippen molar-refractivity contribution in [3.8, 4) is 11.5 Å². The van der Waals surface area contributed by atoms with E-state index in [2.05, 4.69) is 15.6 Å². The SMILES string of the molecule is CCNC(=NCc1ccc(OCCO)c(OC)c1)NCc1ccc(Cl)cc1.I. The molecule has 2 rings (SSSR count). The highest BCUT2D eigenvalue weighted by atomic mass is 127. The Balaban J connectivity index is 0.00000392. The molecule has 0 aromatic heterocycles. The van der Waals surface area contributed by atoms with Gasteiger partial charge < -0.3 is 25.2 Å². The minimum absolute atomic E-state index is 0. The summed E-state index contributed by atoms with van der Waals surface area (Å²) in [6.07, 6.45) is 0. The van der Waals surface area contributed by atoms with Crippen LogP contribution >= 0.6 is 35.6 Å². The molecule has 154 valence electrons. The van der Waals surface area contributed by atoms with E-state index in [1.807, 2.05) is 49.4 Å². The molecule has 0 spiro atoms. The fraction of sp³-hybridized carbons (Fsp3) is 0.350. The quantitative estimate of drug-likeness (QED) is 0.268. The van der Waals surface area contributed by atoms with E-state index in [1.54, 1.807) is 7.11 Å². The van der Waals surface area contributed by atoms with Gasteiger partial charge in [0.1, 0.15) is 6.61 Å². The predicted octanol–water partition coefficient (Wildman–Crippen LogP) is 3.59. The number of rotatable bonds is 9. The van der Waals surface area contributed by atoms with Gasteiger partial charge in [0.2, 0.25) is 0 Å². The van der Waals surface area contributed by atoms with Crippen LogP contribution in [0.25, 0.3) is 0 Å². The summed E-state index contributed by atoms with van der Waals surface area (Å²) in [4.78, 5) is 4.62. The van der Waals surface area contributed by atoms with Gasteiger partial charge in [0.05, 0.1) is 20.3 Å². The van der Waals surface area contributed by atoms with Crippen LogP contribution in [-0.4, -0.2) is 37.9 Å². The first-order valence-electron chi connectivity index (χ1n) is 8.83. The number of ether oxygens (including phenoxy) is 2. The maximum atomic E-state index is 8.88. The number of hydrogen-bond donors (Lipinski definition) is 3. The average Bonchev–Trinajstić information content (AvgIpc) is 2.70. The van der Waals surface area contributed by atoms with Gasteiger partial charge in [-0.25, -0.2) is 4.99 Å². The molecule has 0 fully saturated rings. The minimum atomic E-state index is -0.0411. The first-order chi connectivity index (χ1) is 13.2. The highest BCUT2D eigenvalue weighted by Crippen LogP contribution is 2.28. The van der Waals surface area contributed by atoms with Crippen molar-refractivity contribution in [3.63, 3.8) is 0 Å². The number of benzene rings is 2. The van der Waals surface area contributed by atoms with E-state index in [0.29, 0.717) is 24.6 Å². The van der Waals surface area contributed by atoms with Gasteiger partial charge in [0.15, 0.2) is 17.5 Å². The summed E-state index contributed by atoms with van der Waals surface area (Å²) in [6.45, 7) is 4.12. The fourth-order valence-corrected chi connectivity index (χ4v) is 2.51. The standard InChI is InChI=1S/C20H26ClN3O3.HI/c1-3-22-20(23-13-15-4-7-17(21)8-5-15)24-14-16-6-9-18(27-11-10-25)19(12-16)26-2;/h4-9,12,25H,3,10-11,13-14H2,1-2H3,(H2,22,23,24);1H. The van der Waals surface area contributed by atoms with E-state index in [4.69, 9.17) is 26.2 Å². The summed E-state index contributed by atoms with van der Waals surface area (Å²) >= 11 is 5.92. The number of hydrogen-bond acceptors (Lipinski definition) is 4. The summed E-state index contributed by atoms with van der Waals surface area (Å²) in [5.74, 6) is 1.95. The molecule has 0 aliphatic rings. The number of aliphatic hydroxyl groups excluding tert-OH is 1. The molecule has 2 aromatic rings. The van der Waals surface area contributed by atoms with Gasteiger partial charge in [0, 0.05) is 18.1 Å². The number of aliphatic hydroxyl groups is 1. The van der Waals surface area contributed by atoms with Crippen molar-refractivity contribution >= 4 is 41.5 Å². The number of halogens is 2. The van der Waals surface area contributed by atoms with Crippen LogP contribution in [0.5, 0.6) is 11.5 Å². The van der Waals surface area contributed by atoms with Crippen molar-refractivity contribution in [3.05, 3.63) is 58.6 Å². The maximum absolute atomic E-state index is 8.88. The lowest BCUT2D eigenvalue weighted by Gasteiger charge is -2.13. The Bertz CT molecular complexity index is 742. The summed E-state index contributed by atoms with van der Waals surface area (Å²) in [6, 6.07) is 13.3. The lowest BCUT2D eigenvalue weighted by atomic mass is 10.2. The van der Waals surface area contributed by atoms with E-state index in [-0.39, 0.29) is 37.2 Å². The Morgan fingerprint density at radius 3 is 2.43 bits per heavy atom. The monoisotopic (exact) mass is 519 g/mol. The van der Waals surface area contributed by atoms with Crippen molar-refractivity contribution in [1.82, 2.24) is 10.6 Å². The normalized spacial score (nSPS) is 10.8. The molecule has 0 heterocycles. The number of guanidine groups is 1. The first kappa shape index (κ1) is 24.3. The molecular weight excluding hydrogens is 493 g/mol. The molecule has 0 saturated heterocycles. The molecule has 0 aliphatic carbocycles. The van der Waals surface area contributed by atoms with Gasteiger partial charge in [-0.15, -0.1) is 24.0 Å². The zero-order chi connectivity index (χ0) is 19.5. The number of nitrogens with one attached hydrogen (secondary N) is 2. The summed E-state index contributed by atoms with van der Waals surface area (Å²) in [7, 11) is 1.59. The second kappa shape index (κ2) is 13.5. The molecule has 3 N–H and O–H groups in total. The molecule has 0 radical (unpaired) electrons. The Hall–Kier alpha value is -1.71. The van der Waals surface area contributed by atoms with Crippen LogP contribution in [0, 0.1) is 0 Å². The summed E-state index contributed by atoms with van der Waals surface area (Å²) in [5, 5.41) is 16.1. The predicted molar refractivity (Wildman–Crippen MR) is 124 cm³/mol. The number of aliphatic imine (C=N–C) groups is 1. The van der Waals surface area contributed by atoms with Crippen LogP contribution < -0.4 is 20.1 Å². The van der Waals surface area contributed by atoms with Gasteiger partial charge >= 0.3 is 0 Å². The second-order valence-corrected chi connectivity index (χ2v) is 6.17. The third-order valence-electron chi connectivity index (χ3n) is 3.71. The van der Waals surface area contributed by atoms with Crippen molar-refractivity contribution < 1.29 is 14.6 Å². The summed E-state index contributed by atoms with van der Waals surface area (Å²) < 4.78 is 10.8. The van der Waals surface area contributed by atoms with Gasteiger partial charge in [-0.05, 0) is 42.3 Å². The lowest BCUT2D eigenvalue weighted by Crippen LogP contribution is -2.36. The van der Waals surface area contributed by atoms with Crippen LogP contribution in [0.1, 0.15) is 18.1 Å². The molecule has 0 aliphatic heterocycles. The van der Waals surface area contributed by atoms with Crippen LogP contribution in [0.4, 0.5) is 0 Å². The van der Waals surface area contributed by atoms with Crippen LogP contribution in [0.15, 0.2) is 47.5 Å². The molecule has 8 heteroatoms.